The van der Waals surface area contributed by atoms with Crippen molar-refractivity contribution in [2.45, 2.75) is 0 Å². The number of hydrogen-bond acceptors (Lipinski definition) is 0. The lowest BCUT2D eigenvalue weighted by Gasteiger charge is -2.10. The highest BCUT2D eigenvalue weighted by atomic mass is 15.0. The van der Waals surface area contributed by atoms with E-state index in [9.17, 15) is 1.37 Å². The molecule has 2 heteroatoms. The van der Waals surface area contributed by atoms with Crippen LogP contribution in [0.4, 0.5) is 0 Å². The summed E-state index contributed by atoms with van der Waals surface area (Å²) in [6.45, 7) is 0. The summed E-state index contributed by atoms with van der Waals surface area (Å²) in [6, 6.07) is 36.6. The van der Waals surface area contributed by atoms with Gasteiger partial charge in [0.2, 0.25) is 0 Å². The third-order valence-corrected chi connectivity index (χ3v) is 8.15. The Balaban J connectivity index is 1.29. The Hall–Kier alpha value is -5.60. The van der Waals surface area contributed by atoms with Gasteiger partial charge in [-0.2, -0.15) is 0 Å². The van der Waals surface area contributed by atoms with E-state index in [1.165, 1.54) is 0 Å². The normalized spacial score (nSPS) is 14.1. The van der Waals surface area contributed by atoms with E-state index in [2.05, 4.69) is 65.2 Å². The van der Waals surface area contributed by atoms with Crippen LogP contribution in [0.3, 0.4) is 0 Å². The molecule has 0 saturated heterocycles. The van der Waals surface area contributed by atoms with Gasteiger partial charge >= 0.3 is 0 Å². The molecule has 0 atom stereocenters. The maximum absolute atomic E-state index is 9.22. The zero-order valence-electron chi connectivity index (χ0n) is 29.4. The summed E-state index contributed by atoms with van der Waals surface area (Å²) >= 11 is 0. The highest BCUT2D eigenvalue weighted by Crippen LogP contribution is 2.38. The van der Waals surface area contributed by atoms with Crippen molar-refractivity contribution in [2.24, 2.45) is 0 Å². The first-order valence-electron chi connectivity index (χ1n) is 17.4. The molecule has 9 aromatic rings. The summed E-state index contributed by atoms with van der Waals surface area (Å²) < 4.78 is 64.6. The molecule has 196 valence electrons. The van der Waals surface area contributed by atoms with Crippen LogP contribution >= 0.6 is 0 Å². The molecule has 9 rings (SSSR count). The third kappa shape index (κ3) is 3.39. The Morgan fingerprint density at radius 3 is 1.57 bits per heavy atom. The zero-order valence-corrected chi connectivity index (χ0v) is 22.4. The van der Waals surface area contributed by atoms with Crippen molar-refractivity contribution in [3.05, 3.63) is 158 Å². The predicted molar refractivity (Wildman–Crippen MR) is 178 cm³/mol. The molecule has 0 aliphatic carbocycles. The van der Waals surface area contributed by atoms with Gasteiger partial charge < -0.3 is 9.13 Å². The molecular weight excluding hydrogens is 508 g/mol. The predicted octanol–water partition coefficient (Wildman–Crippen LogP) is 10.7. The summed E-state index contributed by atoms with van der Waals surface area (Å²) in [7, 11) is 0. The second-order valence-electron chi connectivity index (χ2n) is 10.5. The molecule has 0 saturated carbocycles. The van der Waals surface area contributed by atoms with Crippen LogP contribution in [-0.4, -0.2) is 9.13 Å². The quantitative estimate of drug-likeness (QED) is 0.210. The molecule has 0 aliphatic heterocycles. The third-order valence-electron chi connectivity index (χ3n) is 8.15. The molecule has 2 heterocycles. The molecule has 0 unspecified atom stereocenters. The van der Waals surface area contributed by atoms with Gasteiger partial charge in [0, 0.05) is 32.9 Å². The van der Waals surface area contributed by atoms with Crippen LogP contribution in [0.15, 0.2) is 158 Å². The number of fused-ring (bicyclic) bond motifs is 7. The highest BCUT2D eigenvalue weighted by Gasteiger charge is 2.16. The monoisotopic (exact) mass is 541 g/mol. The Morgan fingerprint density at radius 1 is 0.405 bits per heavy atom. The molecule has 0 bridgehead atoms. The summed E-state index contributed by atoms with van der Waals surface area (Å²) in [5, 5.41) is 3.93. The molecule has 2 nitrogen and oxygen atoms in total. The van der Waals surface area contributed by atoms with E-state index in [4.69, 9.17) is 8.22 Å². The second kappa shape index (κ2) is 8.95. The van der Waals surface area contributed by atoms with Crippen molar-refractivity contribution in [1.82, 2.24) is 9.13 Å². The van der Waals surface area contributed by atoms with Crippen LogP contribution in [0, 0.1) is 0 Å². The molecule has 0 fully saturated rings. The second-order valence-corrected chi connectivity index (χ2v) is 10.5. The fraction of sp³-hybridized carbons (Fsp3) is 0. The first-order valence-corrected chi connectivity index (χ1v) is 13.9. The van der Waals surface area contributed by atoms with E-state index in [0.717, 1.165) is 60.4 Å². The van der Waals surface area contributed by atoms with Gasteiger partial charge in [-0.3, -0.25) is 0 Å². The number of nitrogens with zero attached hydrogens (tertiary/aromatic N) is 2. The van der Waals surface area contributed by atoms with Crippen molar-refractivity contribution in [3.8, 4) is 22.5 Å². The fourth-order valence-electron chi connectivity index (χ4n) is 6.28. The number of rotatable bonds is 3. The lowest BCUT2D eigenvalue weighted by molar-refractivity contribution is 1.18. The molecule has 7 aromatic carbocycles. The van der Waals surface area contributed by atoms with E-state index in [1.807, 2.05) is 54.6 Å². The Bertz CT molecular complexity index is 2850. The molecule has 0 amide bonds. The summed E-state index contributed by atoms with van der Waals surface area (Å²) in [4.78, 5) is 0. The molecule has 0 aliphatic rings. The summed E-state index contributed by atoms with van der Waals surface area (Å²) in [5.41, 5.74) is 6.95. The van der Waals surface area contributed by atoms with E-state index in [-0.39, 0.29) is 40.6 Å². The Kier molecular flexibility index (Phi) is 3.68. The minimum atomic E-state index is -0.482. The van der Waals surface area contributed by atoms with Crippen LogP contribution in [0.2, 0.25) is 0 Å². The number of para-hydroxylation sites is 3. The van der Waals surface area contributed by atoms with Gasteiger partial charge in [0.25, 0.3) is 0 Å². The largest absolute Gasteiger partial charge is 0.309 e. The molecule has 0 radical (unpaired) electrons. The minimum absolute atomic E-state index is 0.0625. The molecule has 0 spiro atoms. The van der Waals surface area contributed by atoms with Gasteiger partial charge in [-0.25, -0.2) is 0 Å². The molecule has 0 N–H and O–H groups in total. The zero-order chi connectivity index (χ0) is 33.7. The van der Waals surface area contributed by atoms with Crippen LogP contribution < -0.4 is 0 Å². The lowest BCUT2D eigenvalue weighted by atomic mass is 10.0. The van der Waals surface area contributed by atoms with E-state index < -0.39 is 18.1 Å². The minimum Gasteiger partial charge on any atom is -0.309 e. The van der Waals surface area contributed by atoms with Crippen LogP contribution in [0.25, 0.3) is 76.9 Å². The van der Waals surface area contributed by atoms with Gasteiger partial charge in [0.1, 0.15) is 0 Å². The average molecular weight is 542 g/mol. The van der Waals surface area contributed by atoms with Crippen LogP contribution in [0.5, 0.6) is 0 Å². The number of benzene rings is 7. The van der Waals surface area contributed by atoms with Crippen molar-refractivity contribution in [1.29, 1.82) is 0 Å². The Morgan fingerprint density at radius 2 is 0.929 bits per heavy atom. The average Bonchev–Trinajstić information content (AvgIpc) is 3.64. The van der Waals surface area contributed by atoms with Gasteiger partial charge in [-0.05, 0) is 82.5 Å². The maximum atomic E-state index is 9.22. The van der Waals surface area contributed by atoms with Gasteiger partial charge in [0.05, 0.1) is 31.7 Å². The maximum Gasteiger partial charge on any atom is 0.0651 e. The Labute approximate surface area is 253 Å². The first kappa shape index (κ1) is 17.3. The molecular formula is C40H26N2. The highest BCUT2D eigenvalue weighted by molar-refractivity contribution is 6.12. The van der Waals surface area contributed by atoms with E-state index in [1.54, 1.807) is 4.57 Å². The van der Waals surface area contributed by atoms with E-state index >= 15 is 0 Å². The fourth-order valence-corrected chi connectivity index (χ4v) is 6.28. The standard InChI is InChI=1S/C40H26N2/c1-2-12-31(13-3-1)41-37-16-8-6-14-33(37)35-25-29(19-22-39(35)41)30-20-23-40-36(26-30)34-15-7-9-17-38(34)42(40)32-21-18-27-10-4-5-11-28(27)24-32/h1-26H/i4D,5D,10D,11D,18D,21D,24D. The van der Waals surface area contributed by atoms with Gasteiger partial charge in [-0.15, -0.1) is 0 Å². The molecule has 42 heavy (non-hydrogen) atoms. The van der Waals surface area contributed by atoms with Crippen LogP contribution in [0.1, 0.15) is 9.60 Å². The number of hydrogen-bond donors (Lipinski definition) is 0. The summed E-state index contributed by atoms with van der Waals surface area (Å²) in [5.74, 6) is 0. The smallest absolute Gasteiger partial charge is 0.0651 e. The first-order chi connectivity index (χ1) is 23.8. The SMILES string of the molecule is [2H]c1c([2H])c([2H])c2c([2H])c(-n3c4ccccc4c4cc(-c5ccc6c(c5)c5ccccc5n6-c5ccccc5)ccc43)c([2H])c([2H])c2c1[2H]. The van der Waals surface area contributed by atoms with Gasteiger partial charge in [-0.1, -0.05) is 96.9 Å². The van der Waals surface area contributed by atoms with Gasteiger partial charge in [0.15, 0.2) is 0 Å². The van der Waals surface area contributed by atoms with Crippen molar-refractivity contribution in [3.63, 3.8) is 0 Å². The molecule has 2 aromatic heterocycles. The lowest BCUT2D eigenvalue weighted by Crippen LogP contribution is -1.93. The van der Waals surface area contributed by atoms with E-state index in [0.29, 0.717) is 0 Å². The number of aromatic nitrogens is 2. The van der Waals surface area contributed by atoms with Crippen molar-refractivity contribution in [2.75, 3.05) is 0 Å². The summed E-state index contributed by atoms with van der Waals surface area (Å²) in [6.07, 6.45) is 0. The van der Waals surface area contributed by atoms with Crippen LogP contribution in [-0.2, 0) is 0 Å². The topological polar surface area (TPSA) is 9.86 Å². The van der Waals surface area contributed by atoms with Crippen molar-refractivity contribution >= 4 is 54.4 Å². The van der Waals surface area contributed by atoms with Crippen molar-refractivity contribution < 1.29 is 9.60 Å².